The van der Waals surface area contributed by atoms with Crippen LogP contribution in [0.1, 0.15) is 32.3 Å². The fraction of sp³-hybridized carbons (Fsp3) is 0.619. The average Bonchev–Trinajstić information content (AvgIpc) is 3.07. The van der Waals surface area contributed by atoms with Crippen LogP contribution in [0.15, 0.2) is 30.3 Å². The van der Waals surface area contributed by atoms with Crippen LogP contribution < -0.4 is 0 Å². The summed E-state index contributed by atoms with van der Waals surface area (Å²) in [5, 5.41) is 0. The molecule has 0 bridgehead atoms. The van der Waals surface area contributed by atoms with E-state index < -0.39 is 24.4 Å². The normalized spacial score (nSPS) is 19.0. The molecule has 2 amide bonds. The number of ether oxygens (including phenoxy) is 4. The Morgan fingerprint density at radius 3 is 2.54 bits per heavy atom. The lowest BCUT2D eigenvalue weighted by Crippen LogP contribution is -2.49. The van der Waals surface area contributed by atoms with E-state index in [4.69, 9.17) is 18.9 Å². The van der Waals surface area contributed by atoms with Crippen molar-refractivity contribution in [1.82, 2.24) is 4.90 Å². The summed E-state index contributed by atoms with van der Waals surface area (Å²) in [5.74, 6) is -0.977. The number of carbonyl (C=O) groups excluding carboxylic acids is 2. The molecule has 7 nitrogen and oxygen atoms in total. The quantitative estimate of drug-likeness (QED) is 0.425. The lowest BCUT2D eigenvalue weighted by molar-refractivity contribution is -0.198. The van der Waals surface area contributed by atoms with Gasteiger partial charge in [0.2, 0.25) is 5.91 Å². The monoisotopic (exact) mass is 393 g/mol. The Morgan fingerprint density at radius 2 is 1.93 bits per heavy atom. The third-order valence-corrected chi connectivity index (χ3v) is 4.94. The first-order chi connectivity index (χ1) is 13.5. The van der Waals surface area contributed by atoms with E-state index in [0.29, 0.717) is 13.0 Å². The first-order valence-electron chi connectivity index (χ1n) is 9.74. The van der Waals surface area contributed by atoms with Crippen molar-refractivity contribution in [3.63, 3.8) is 0 Å². The van der Waals surface area contributed by atoms with Crippen molar-refractivity contribution in [2.24, 2.45) is 5.92 Å². The molecule has 0 unspecified atom stereocenters. The lowest BCUT2D eigenvalue weighted by atomic mass is 9.99. The molecule has 1 aliphatic rings. The zero-order chi connectivity index (χ0) is 20.5. The molecule has 1 aromatic rings. The minimum Gasteiger partial charge on any atom is -0.447 e. The van der Waals surface area contributed by atoms with Crippen molar-refractivity contribution < 1.29 is 28.5 Å². The highest BCUT2D eigenvalue weighted by Gasteiger charge is 2.43. The number of benzene rings is 1. The fourth-order valence-corrected chi connectivity index (χ4v) is 3.31. The standard InChI is InChI=1S/C21H31NO6/c1-5-6-12-27-18(20(25-3)26-4)15(2)19(23)22-17(14-28-21(22)24)13-16-10-8-7-9-11-16/h7-11,15,17-18,20H,5-6,12-14H2,1-4H3/t15-,17-,18-/m1/s1. The van der Waals surface area contributed by atoms with E-state index in [0.717, 1.165) is 18.4 Å². The number of nitrogens with zero attached hydrogens (tertiary/aromatic N) is 1. The van der Waals surface area contributed by atoms with Crippen molar-refractivity contribution in [2.75, 3.05) is 27.4 Å². The second-order valence-electron chi connectivity index (χ2n) is 6.95. The number of carbonyl (C=O) groups is 2. The average molecular weight is 393 g/mol. The molecule has 1 aromatic carbocycles. The van der Waals surface area contributed by atoms with Crippen molar-refractivity contribution in [3.05, 3.63) is 35.9 Å². The van der Waals surface area contributed by atoms with Gasteiger partial charge in [0.1, 0.15) is 12.7 Å². The molecule has 7 heteroatoms. The third kappa shape index (κ3) is 5.53. The van der Waals surface area contributed by atoms with E-state index in [2.05, 4.69) is 6.92 Å². The van der Waals surface area contributed by atoms with E-state index in [-0.39, 0.29) is 18.6 Å². The van der Waals surface area contributed by atoms with E-state index >= 15 is 0 Å². The zero-order valence-corrected chi connectivity index (χ0v) is 17.1. The van der Waals surface area contributed by atoms with Crippen LogP contribution in [0.4, 0.5) is 4.79 Å². The van der Waals surface area contributed by atoms with Crippen LogP contribution in [0, 0.1) is 5.92 Å². The summed E-state index contributed by atoms with van der Waals surface area (Å²) in [6, 6.07) is 9.39. The second kappa shape index (κ2) is 11.1. The maximum atomic E-state index is 13.2. The number of cyclic esters (lactones) is 1. The number of imide groups is 1. The largest absolute Gasteiger partial charge is 0.447 e. The van der Waals surface area contributed by atoms with Crippen molar-refractivity contribution in [1.29, 1.82) is 0 Å². The molecular formula is C21H31NO6. The first kappa shape index (κ1) is 22.3. The van der Waals surface area contributed by atoms with Crippen LogP contribution in [0.5, 0.6) is 0 Å². The van der Waals surface area contributed by atoms with Crippen molar-refractivity contribution in [3.8, 4) is 0 Å². The van der Waals surface area contributed by atoms with Crippen LogP contribution >= 0.6 is 0 Å². The highest BCUT2D eigenvalue weighted by Crippen LogP contribution is 2.24. The van der Waals surface area contributed by atoms with Gasteiger partial charge in [-0.2, -0.15) is 0 Å². The Hall–Kier alpha value is -1.96. The van der Waals surface area contributed by atoms with Crippen LogP contribution in [0.2, 0.25) is 0 Å². The fourth-order valence-electron chi connectivity index (χ4n) is 3.31. The molecule has 0 N–H and O–H groups in total. The van der Waals surface area contributed by atoms with Crippen LogP contribution in [-0.2, 0) is 30.2 Å². The Balaban J connectivity index is 2.14. The van der Waals surface area contributed by atoms with Crippen molar-refractivity contribution >= 4 is 12.0 Å². The molecule has 1 fully saturated rings. The molecular weight excluding hydrogens is 362 g/mol. The predicted molar refractivity (Wildman–Crippen MR) is 104 cm³/mol. The summed E-state index contributed by atoms with van der Waals surface area (Å²) in [6.45, 7) is 4.46. The molecule has 0 spiro atoms. The van der Waals surface area contributed by atoms with E-state index in [9.17, 15) is 9.59 Å². The van der Waals surface area contributed by atoms with E-state index in [1.165, 1.54) is 19.1 Å². The zero-order valence-electron chi connectivity index (χ0n) is 17.1. The highest BCUT2D eigenvalue weighted by atomic mass is 16.7. The lowest BCUT2D eigenvalue weighted by Gasteiger charge is -2.31. The number of rotatable bonds is 11. The molecule has 0 saturated carbocycles. The molecule has 0 radical (unpaired) electrons. The minimum absolute atomic E-state index is 0.186. The molecule has 28 heavy (non-hydrogen) atoms. The van der Waals surface area contributed by atoms with E-state index in [1.54, 1.807) is 6.92 Å². The van der Waals surface area contributed by atoms with Gasteiger partial charge in [-0.05, 0) is 18.4 Å². The van der Waals surface area contributed by atoms with Gasteiger partial charge in [-0.3, -0.25) is 4.79 Å². The van der Waals surface area contributed by atoms with Gasteiger partial charge in [-0.25, -0.2) is 9.69 Å². The molecule has 1 aliphatic heterocycles. The SMILES string of the molecule is CCCCO[C@@H](C(OC)OC)[C@@H](C)C(=O)N1C(=O)OC[C@H]1Cc1ccccc1. The highest BCUT2D eigenvalue weighted by molar-refractivity contribution is 5.95. The molecule has 0 aliphatic carbocycles. The molecule has 1 saturated heterocycles. The van der Waals surface area contributed by atoms with Gasteiger partial charge in [0.05, 0.1) is 12.0 Å². The molecule has 3 atom stereocenters. The molecule has 2 rings (SSSR count). The Morgan fingerprint density at radius 1 is 1.25 bits per heavy atom. The molecule has 1 heterocycles. The first-order valence-corrected chi connectivity index (χ1v) is 9.74. The molecule has 0 aromatic heterocycles. The second-order valence-corrected chi connectivity index (χ2v) is 6.95. The van der Waals surface area contributed by atoms with Crippen molar-refractivity contribution in [2.45, 2.75) is 51.5 Å². The van der Waals surface area contributed by atoms with Gasteiger partial charge in [0.25, 0.3) is 0 Å². The van der Waals surface area contributed by atoms with Crippen LogP contribution in [-0.4, -0.2) is 62.8 Å². The number of methoxy groups -OCH3 is 2. The van der Waals surface area contributed by atoms with Gasteiger partial charge in [0.15, 0.2) is 6.29 Å². The number of hydrogen-bond acceptors (Lipinski definition) is 6. The maximum absolute atomic E-state index is 13.2. The van der Waals surface area contributed by atoms with Gasteiger partial charge < -0.3 is 18.9 Å². The number of amides is 2. The smallest absolute Gasteiger partial charge is 0.416 e. The summed E-state index contributed by atoms with van der Waals surface area (Å²) in [7, 11) is 3.01. The van der Waals surface area contributed by atoms with Gasteiger partial charge in [-0.1, -0.05) is 50.6 Å². The molecule has 156 valence electrons. The number of unbranched alkanes of at least 4 members (excludes halogenated alkanes) is 1. The van der Waals surface area contributed by atoms with Gasteiger partial charge >= 0.3 is 6.09 Å². The number of hydrogen-bond donors (Lipinski definition) is 0. The van der Waals surface area contributed by atoms with Crippen LogP contribution in [0.3, 0.4) is 0 Å². The van der Waals surface area contributed by atoms with E-state index in [1.807, 2.05) is 30.3 Å². The third-order valence-electron chi connectivity index (χ3n) is 4.94. The Kier molecular flexibility index (Phi) is 8.89. The summed E-state index contributed by atoms with van der Waals surface area (Å²) in [6.07, 6.45) is 0.431. The summed E-state index contributed by atoms with van der Waals surface area (Å²) < 4.78 is 21.8. The predicted octanol–water partition coefficient (Wildman–Crippen LogP) is 3.02. The maximum Gasteiger partial charge on any atom is 0.416 e. The topological polar surface area (TPSA) is 74.3 Å². The summed E-state index contributed by atoms with van der Waals surface area (Å²) >= 11 is 0. The van der Waals surface area contributed by atoms with Crippen LogP contribution in [0.25, 0.3) is 0 Å². The van der Waals surface area contributed by atoms with Gasteiger partial charge in [0, 0.05) is 20.8 Å². The minimum atomic E-state index is -0.706. The van der Waals surface area contributed by atoms with Gasteiger partial charge in [-0.15, -0.1) is 0 Å². The summed E-state index contributed by atoms with van der Waals surface area (Å²) in [4.78, 5) is 26.7. The Labute approximate surface area is 166 Å². The summed E-state index contributed by atoms with van der Waals surface area (Å²) in [5.41, 5.74) is 1.04. The Bertz CT molecular complexity index is 619.